The minimum atomic E-state index is -0.194. The van der Waals surface area contributed by atoms with Gasteiger partial charge in [0.1, 0.15) is 11.6 Å². The number of hydrogen-bond donors (Lipinski definition) is 2. The summed E-state index contributed by atoms with van der Waals surface area (Å²) >= 11 is 0. The molecule has 2 atom stereocenters. The van der Waals surface area contributed by atoms with Crippen molar-refractivity contribution in [2.24, 2.45) is 5.92 Å². The van der Waals surface area contributed by atoms with E-state index < -0.39 is 0 Å². The van der Waals surface area contributed by atoms with Crippen molar-refractivity contribution in [2.45, 2.75) is 46.1 Å². The molecular weight excluding hydrogens is 304 g/mol. The van der Waals surface area contributed by atoms with Crippen LogP contribution in [0.2, 0.25) is 0 Å². The number of nitrogens with zero attached hydrogens (tertiary/aromatic N) is 2. The van der Waals surface area contributed by atoms with E-state index in [4.69, 9.17) is 4.74 Å². The fourth-order valence-corrected chi connectivity index (χ4v) is 2.60. The molecule has 1 amide bonds. The van der Waals surface area contributed by atoms with Crippen LogP contribution in [0.25, 0.3) is 0 Å². The Hall–Kier alpha value is -2.37. The maximum atomic E-state index is 12.5. The van der Waals surface area contributed by atoms with Gasteiger partial charge >= 0.3 is 0 Å². The van der Waals surface area contributed by atoms with E-state index in [-0.39, 0.29) is 23.8 Å². The molecule has 0 unspecified atom stereocenters. The minimum absolute atomic E-state index is 0.00790. The van der Waals surface area contributed by atoms with E-state index in [9.17, 15) is 4.79 Å². The number of methoxy groups -OCH3 is 1. The highest BCUT2D eigenvalue weighted by atomic mass is 16.5. The molecule has 1 heterocycles. The molecule has 0 spiro atoms. The van der Waals surface area contributed by atoms with Gasteiger partial charge in [0, 0.05) is 6.42 Å². The van der Waals surface area contributed by atoms with E-state index in [0.29, 0.717) is 12.2 Å². The van der Waals surface area contributed by atoms with Crippen molar-refractivity contribution < 1.29 is 9.53 Å². The molecule has 2 aromatic rings. The summed E-state index contributed by atoms with van der Waals surface area (Å²) in [4.78, 5) is 16.8. The van der Waals surface area contributed by atoms with Gasteiger partial charge in [0.15, 0.2) is 5.82 Å². The number of H-pyrrole nitrogens is 1. The molecule has 1 aromatic carbocycles. The van der Waals surface area contributed by atoms with Crippen LogP contribution in [-0.2, 0) is 4.79 Å². The van der Waals surface area contributed by atoms with Crippen LogP contribution in [0.15, 0.2) is 24.3 Å². The second-order valence-electron chi connectivity index (χ2n) is 6.45. The summed E-state index contributed by atoms with van der Waals surface area (Å²) in [6.45, 7) is 7.97. The van der Waals surface area contributed by atoms with Crippen molar-refractivity contribution >= 4 is 5.91 Å². The number of amides is 1. The van der Waals surface area contributed by atoms with Crippen molar-refractivity contribution in [1.82, 2.24) is 20.5 Å². The SMILES string of the molecule is COc1cccc([C@H](C)CC(=O)N[C@@H](c2n[nH]c(C)n2)C(C)C)c1. The fourth-order valence-electron chi connectivity index (χ4n) is 2.60. The summed E-state index contributed by atoms with van der Waals surface area (Å²) in [6, 6.07) is 7.63. The van der Waals surface area contributed by atoms with Gasteiger partial charge in [-0.2, -0.15) is 5.10 Å². The van der Waals surface area contributed by atoms with Gasteiger partial charge in [-0.3, -0.25) is 9.89 Å². The summed E-state index contributed by atoms with van der Waals surface area (Å²) in [5.41, 5.74) is 1.08. The van der Waals surface area contributed by atoms with Crippen molar-refractivity contribution in [3.63, 3.8) is 0 Å². The number of aromatic nitrogens is 3. The topological polar surface area (TPSA) is 79.9 Å². The zero-order valence-corrected chi connectivity index (χ0v) is 15.0. The van der Waals surface area contributed by atoms with Crippen LogP contribution in [0.5, 0.6) is 5.75 Å². The monoisotopic (exact) mass is 330 g/mol. The van der Waals surface area contributed by atoms with Gasteiger partial charge < -0.3 is 10.1 Å². The average molecular weight is 330 g/mol. The number of carbonyl (C=O) groups is 1. The Morgan fingerprint density at radius 3 is 2.67 bits per heavy atom. The van der Waals surface area contributed by atoms with Crippen LogP contribution < -0.4 is 10.1 Å². The van der Waals surface area contributed by atoms with Crippen molar-refractivity contribution in [3.8, 4) is 5.75 Å². The maximum absolute atomic E-state index is 12.5. The third-order valence-electron chi connectivity index (χ3n) is 4.03. The van der Waals surface area contributed by atoms with Crippen LogP contribution in [0.3, 0.4) is 0 Å². The minimum Gasteiger partial charge on any atom is -0.497 e. The lowest BCUT2D eigenvalue weighted by atomic mass is 9.96. The second kappa shape index (κ2) is 7.95. The smallest absolute Gasteiger partial charge is 0.221 e. The quantitative estimate of drug-likeness (QED) is 0.817. The van der Waals surface area contributed by atoms with Gasteiger partial charge in [-0.15, -0.1) is 0 Å². The first-order valence-corrected chi connectivity index (χ1v) is 8.23. The normalized spacial score (nSPS) is 13.6. The molecule has 24 heavy (non-hydrogen) atoms. The predicted molar refractivity (Wildman–Crippen MR) is 92.9 cm³/mol. The zero-order valence-electron chi connectivity index (χ0n) is 15.0. The lowest BCUT2D eigenvalue weighted by molar-refractivity contribution is -0.122. The average Bonchev–Trinajstić information content (AvgIpc) is 2.98. The lowest BCUT2D eigenvalue weighted by Crippen LogP contribution is -2.33. The summed E-state index contributed by atoms with van der Waals surface area (Å²) < 4.78 is 5.25. The van der Waals surface area contributed by atoms with Crippen molar-refractivity contribution in [3.05, 3.63) is 41.5 Å². The Labute approximate surface area is 143 Å². The Kier molecular flexibility index (Phi) is 5.95. The number of carbonyl (C=O) groups excluding carboxylic acids is 1. The molecule has 0 aliphatic carbocycles. The molecule has 0 aliphatic heterocycles. The number of aromatic amines is 1. The van der Waals surface area contributed by atoms with E-state index in [2.05, 4.69) is 20.5 Å². The standard InChI is InChI=1S/C18H26N4O2/c1-11(2)17(18-19-13(4)21-22-18)20-16(23)9-12(3)14-7-6-8-15(10-14)24-5/h6-8,10-12,17H,9H2,1-5H3,(H,20,23)(H,19,21,22)/t12-,17-/m1/s1. The number of ether oxygens (including phenoxy) is 1. The molecule has 2 N–H and O–H groups in total. The van der Waals surface area contributed by atoms with Crippen molar-refractivity contribution in [1.29, 1.82) is 0 Å². The first kappa shape index (κ1) is 18.0. The second-order valence-corrected chi connectivity index (χ2v) is 6.45. The first-order chi connectivity index (χ1) is 11.4. The Morgan fingerprint density at radius 1 is 1.33 bits per heavy atom. The fraction of sp³-hybridized carbons (Fsp3) is 0.500. The molecular formula is C18H26N4O2. The van der Waals surface area contributed by atoms with E-state index >= 15 is 0 Å². The highest BCUT2D eigenvalue weighted by molar-refractivity contribution is 5.77. The van der Waals surface area contributed by atoms with Crippen LogP contribution in [-0.4, -0.2) is 28.2 Å². The molecule has 0 bridgehead atoms. The molecule has 0 saturated carbocycles. The lowest BCUT2D eigenvalue weighted by Gasteiger charge is -2.21. The van der Waals surface area contributed by atoms with E-state index in [1.54, 1.807) is 7.11 Å². The number of aryl methyl sites for hydroxylation is 1. The predicted octanol–water partition coefficient (Wildman–Crippen LogP) is 3.13. The van der Waals surface area contributed by atoms with Crippen molar-refractivity contribution in [2.75, 3.05) is 7.11 Å². The molecule has 0 aliphatic rings. The number of nitrogens with one attached hydrogen (secondary N) is 2. The summed E-state index contributed by atoms with van der Waals surface area (Å²) in [5.74, 6) is 2.47. The number of rotatable bonds is 7. The third kappa shape index (κ3) is 4.57. The van der Waals surface area contributed by atoms with Crippen LogP contribution >= 0.6 is 0 Å². The third-order valence-corrected chi connectivity index (χ3v) is 4.03. The largest absolute Gasteiger partial charge is 0.497 e. The summed E-state index contributed by atoms with van der Waals surface area (Å²) in [5, 5.41) is 10.1. The Balaban J connectivity index is 2.02. The molecule has 130 valence electrons. The molecule has 0 fully saturated rings. The van der Waals surface area contributed by atoms with Gasteiger partial charge in [0.05, 0.1) is 13.2 Å². The highest BCUT2D eigenvalue weighted by Crippen LogP contribution is 2.24. The Bertz CT molecular complexity index is 681. The number of hydrogen-bond acceptors (Lipinski definition) is 4. The van der Waals surface area contributed by atoms with Gasteiger partial charge in [-0.25, -0.2) is 4.98 Å². The van der Waals surface area contributed by atoms with Crippen LogP contribution in [0.4, 0.5) is 0 Å². The van der Waals surface area contributed by atoms with Gasteiger partial charge in [0.25, 0.3) is 0 Å². The maximum Gasteiger partial charge on any atom is 0.221 e. The summed E-state index contributed by atoms with van der Waals surface area (Å²) in [7, 11) is 1.64. The van der Waals surface area contributed by atoms with Gasteiger partial charge in [-0.05, 0) is 36.5 Å². The van der Waals surface area contributed by atoms with E-state index in [1.807, 2.05) is 52.0 Å². The van der Waals surface area contributed by atoms with E-state index in [0.717, 1.165) is 17.1 Å². The Morgan fingerprint density at radius 2 is 2.08 bits per heavy atom. The highest BCUT2D eigenvalue weighted by Gasteiger charge is 2.23. The van der Waals surface area contributed by atoms with Crippen LogP contribution in [0, 0.1) is 12.8 Å². The molecule has 2 rings (SSSR count). The van der Waals surface area contributed by atoms with Gasteiger partial charge in [0.2, 0.25) is 5.91 Å². The molecule has 1 aromatic heterocycles. The zero-order chi connectivity index (χ0) is 17.7. The number of benzene rings is 1. The first-order valence-electron chi connectivity index (χ1n) is 8.23. The summed E-state index contributed by atoms with van der Waals surface area (Å²) in [6.07, 6.45) is 0.403. The molecule has 6 nitrogen and oxygen atoms in total. The van der Waals surface area contributed by atoms with E-state index in [1.165, 1.54) is 0 Å². The molecule has 6 heteroatoms. The molecule has 0 saturated heterocycles. The molecule has 0 radical (unpaired) electrons. The van der Waals surface area contributed by atoms with Crippen LogP contribution in [0.1, 0.15) is 56.4 Å². The van der Waals surface area contributed by atoms with Gasteiger partial charge in [-0.1, -0.05) is 32.9 Å².